The summed E-state index contributed by atoms with van der Waals surface area (Å²) in [7, 11) is -3.20. The van der Waals surface area contributed by atoms with Crippen LogP contribution in [0.3, 0.4) is 0 Å². The summed E-state index contributed by atoms with van der Waals surface area (Å²) in [4.78, 5) is 33.4. The van der Waals surface area contributed by atoms with Crippen molar-refractivity contribution in [3.05, 3.63) is 72.6 Å². The van der Waals surface area contributed by atoms with E-state index < -0.39 is 15.7 Å². The first-order chi connectivity index (χ1) is 20.7. The zero-order valence-electron chi connectivity index (χ0n) is 22.9. The number of pyridine rings is 3. The number of benzene rings is 1. The van der Waals surface area contributed by atoms with Crippen LogP contribution in [0.25, 0.3) is 56.0 Å². The van der Waals surface area contributed by atoms with E-state index in [1.165, 1.54) is 12.1 Å². The Kier molecular flexibility index (Phi) is 6.46. The highest BCUT2D eigenvalue weighted by atomic mass is 32.2. The summed E-state index contributed by atoms with van der Waals surface area (Å²) in [5.74, 6) is -0.00620. The molecule has 1 aliphatic rings. The van der Waals surface area contributed by atoms with Crippen molar-refractivity contribution in [2.45, 2.75) is 19.3 Å². The topological polar surface area (TPSA) is 159 Å². The minimum Gasteiger partial charge on any atom is -0.335 e. The minimum atomic E-state index is -3.20. The Morgan fingerprint density at radius 2 is 1.93 bits per heavy atom. The molecule has 1 fully saturated rings. The van der Waals surface area contributed by atoms with E-state index in [1.807, 2.05) is 12.1 Å². The number of hydrogen-bond donors (Lipinski definition) is 3. The molecule has 5 heterocycles. The number of carbonyl (C=O) groups excluding carboxylic acids is 1. The summed E-state index contributed by atoms with van der Waals surface area (Å²) >= 11 is 0. The van der Waals surface area contributed by atoms with Gasteiger partial charge in [-0.05, 0) is 60.7 Å². The van der Waals surface area contributed by atoms with E-state index in [9.17, 15) is 17.6 Å². The molecule has 6 aromatic rings. The van der Waals surface area contributed by atoms with Crippen LogP contribution in [0.2, 0.25) is 0 Å². The fourth-order valence-electron chi connectivity index (χ4n) is 5.01. The van der Waals surface area contributed by atoms with E-state index in [0.29, 0.717) is 56.3 Å². The Morgan fingerprint density at radius 3 is 2.74 bits per heavy atom. The molecule has 1 aliphatic carbocycles. The van der Waals surface area contributed by atoms with E-state index in [0.717, 1.165) is 30.0 Å². The molecule has 5 aromatic heterocycles. The van der Waals surface area contributed by atoms with Crippen molar-refractivity contribution in [3.63, 3.8) is 0 Å². The molecule has 0 radical (unpaired) electrons. The van der Waals surface area contributed by atoms with Gasteiger partial charge in [-0.3, -0.25) is 19.9 Å². The molecular formula is C30H25FN8O3S. The van der Waals surface area contributed by atoms with Crippen LogP contribution in [0.1, 0.15) is 18.4 Å². The normalized spacial score (nSPS) is 13.5. The van der Waals surface area contributed by atoms with Gasteiger partial charge in [0.05, 0.1) is 40.6 Å². The minimum absolute atomic E-state index is 0.000663. The molecule has 7 rings (SSSR count). The number of halogens is 1. The number of nitrogens with one attached hydrogen (secondary N) is 3. The van der Waals surface area contributed by atoms with E-state index in [4.69, 9.17) is 0 Å². The van der Waals surface area contributed by atoms with Gasteiger partial charge < -0.3 is 10.3 Å². The molecule has 0 bridgehead atoms. The van der Waals surface area contributed by atoms with Crippen molar-refractivity contribution in [1.82, 2.24) is 35.1 Å². The van der Waals surface area contributed by atoms with Crippen molar-refractivity contribution in [1.29, 1.82) is 0 Å². The van der Waals surface area contributed by atoms with Crippen molar-refractivity contribution in [2.75, 3.05) is 17.3 Å². The standard InChI is InChI=1S/C30H25FN8O3S/c1-43(41,42)7-5-16-8-18(10-20(31)9-16)22-4-6-33-28-26(22)36-29(37-28)27-23-12-24(34-15-25(23)38-39-27)19-11-21(14-32-13-19)35-30(40)17-2-3-17/h4,6,8-15,17H,2-3,5,7H2,1H3,(H,35,40)(H,38,39)(H,33,36,37). The number of hydrogen-bond acceptors (Lipinski definition) is 8. The highest BCUT2D eigenvalue weighted by molar-refractivity contribution is 7.90. The number of imidazole rings is 1. The summed E-state index contributed by atoms with van der Waals surface area (Å²) in [6.07, 6.45) is 9.74. The van der Waals surface area contributed by atoms with Crippen LogP contribution in [0, 0.1) is 11.7 Å². The maximum atomic E-state index is 14.6. The Morgan fingerprint density at radius 1 is 1.07 bits per heavy atom. The Labute approximate surface area is 245 Å². The smallest absolute Gasteiger partial charge is 0.227 e. The number of amides is 1. The van der Waals surface area contributed by atoms with Crippen LogP contribution < -0.4 is 5.32 Å². The van der Waals surface area contributed by atoms with Gasteiger partial charge >= 0.3 is 0 Å². The molecular weight excluding hydrogens is 571 g/mol. The molecule has 0 atom stereocenters. The summed E-state index contributed by atoms with van der Waals surface area (Å²) in [5.41, 5.74) is 6.05. The van der Waals surface area contributed by atoms with Crippen LogP contribution in [0.5, 0.6) is 0 Å². The van der Waals surface area contributed by atoms with Crippen molar-refractivity contribution in [2.24, 2.45) is 5.92 Å². The maximum absolute atomic E-state index is 14.6. The van der Waals surface area contributed by atoms with E-state index in [2.05, 4.69) is 40.4 Å². The lowest BCUT2D eigenvalue weighted by atomic mass is 10.0. The predicted octanol–water partition coefficient (Wildman–Crippen LogP) is 4.70. The number of sulfone groups is 1. The van der Waals surface area contributed by atoms with Gasteiger partial charge in [-0.2, -0.15) is 5.10 Å². The SMILES string of the molecule is CS(=O)(=O)CCc1cc(F)cc(-c2ccnc3nc(-c4n[nH]c5cnc(-c6cncc(NC(=O)C7CC7)c6)cc45)[nH]c23)c1. The van der Waals surface area contributed by atoms with Gasteiger partial charge in [0.1, 0.15) is 21.3 Å². The van der Waals surface area contributed by atoms with Gasteiger partial charge in [-0.1, -0.05) is 6.07 Å². The number of nitrogens with zero attached hydrogens (tertiary/aromatic N) is 5. The number of H-pyrrole nitrogens is 2. The lowest BCUT2D eigenvalue weighted by Gasteiger charge is -2.07. The second-order valence-electron chi connectivity index (χ2n) is 10.8. The highest BCUT2D eigenvalue weighted by Gasteiger charge is 2.29. The molecule has 43 heavy (non-hydrogen) atoms. The summed E-state index contributed by atoms with van der Waals surface area (Å²) < 4.78 is 37.9. The first-order valence-corrected chi connectivity index (χ1v) is 15.7. The Bertz CT molecular complexity index is 2150. The summed E-state index contributed by atoms with van der Waals surface area (Å²) in [6.45, 7) is 0. The third kappa shape index (κ3) is 5.58. The number of fused-ring (bicyclic) bond motifs is 2. The van der Waals surface area contributed by atoms with Crippen molar-refractivity contribution in [3.8, 4) is 33.9 Å². The van der Waals surface area contributed by atoms with Gasteiger partial charge in [0, 0.05) is 41.1 Å². The fraction of sp³-hybridized carbons (Fsp3) is 0.200. The molecule has 13 heteroatoms. The molecule has 0 unspecified atom stereocenters. The van der Waals surface area contributed by atoms with Gasteiger partial charge in [-0.25, -0.2) is 22.8 Å². The van der Waals surface area contributed by atoms with E-state index in [-0.39, 0.29) is 24.0 Å². The number of anilines is 1. The molecule has 0 saturated heterocycles. The number of rotatable bonds is 8. The molecule has 1 aromatic carbocycles. The molecule has 0 spiro atoms. The number of carbonyl (C=O) groups is 1. The molecule has 11 nitrogen and oxygen atoms in total. The summed E-state index contributed by atoms with van der Waals surface area (Å²) in [6, 6.07) is 9.99. The van der Waals surface area contributed by atoms with Crippen LogP contribution in [0.15, 0.2) is 61.2 Å². The molecule has 1 amide bonds. The number of aryl methyl sites for hydroxylation is 1. The quantitative estimate of drug-likeness (QED) is 0.228. The molecule has 0 aliphatic heterocycles. The monoisotopic (exact) mass is 596 g/mol. The van der Waals surface area contributed by atoms with Crippen LogP contribution in [-0.4, -0.2) is 61.5 Å². The Hall–Kier alpha value is -5.04. The van der Waals surface area contributed by atoms with Gasteiger partial charge in [0.2, 0.25) is 5.91 Å². The number of aromatic nitrogens is 7. The fourth-order valence-corrected chi connectivity index (χ4v) is 5.62. The third-order valence-electron chi connectivity index (χ3n) is 7.34. The van der Waals surface area contributed by atoms with Crippen LogP contribution >= 0.6 is 0 Å². The molecule has 1 saturated carbocycles. The van der Waals surface area contributed by atoms with Gasteiger partial charge in [0.15, 0.2) is 11.5 Å². The molecule has 3 N–H and O–H groups in total. The third-order valence-corrected chi connectivity index (χ3v) is 8.29. The van der Waals surface area contributed by atoms with Gasteiger partial charge in [-0.15, -0.1) is 0 Å². The lowest BCUT2D eigenvalue weighted by molar-refractivity contribution is -0.117. The summed E-state index contributed by atoms with van der Waals surface area (Å²) in [5, 5.41) is 11.1. The van der Waals surface area contributed by atoms with Gasteiger partial charge in [0.25, 0.3) is 0 Å². The zero-order chi connectivity index (χ0) is 29.7. The molecule has 216 valence electrons. The second-order valence-corrected chi connectivity index (χ2v) is 13.0. The highest BCUT2D eigenvalue weighted by Crippen LogP contribution is 2.33. The van der Waals surface area contributed by atoms with E-state index >= 15 is 0 Å². The average Bonchev–Trinajstić information content (AvgIpc) is 3.61. The maximum Gasteiger partial charge on any atom is 0.227 e. The number of aromatic amines is 2. The largest absolute Gasteiger partial charge is 0.335 e. The van der Waals surface area contributed by atoms with E-state index in [1.54, 1.807) is 36.9 Å². The average molecular weight is 597 g/mol. The van der Waals surface area contributed by atoms with Crippen molar-refractivity contribution < 1.29 is 17.6 Å². The predicted molar refractivity (Wildman–Crippen MR) is 160 cm³/mol. The van der Waals surface area contributed by atoms with Crippen LogP contribution in [-0.2, 0) is 21.1 Å². The zero-order valence-corrected chi connectivity index (χ0v) is 23.7. The Balaban J connectivity index is 1.25. The van der Waals surface area contributed by atoms with Crippen molar-refractivity contribution >= 4 is 43.5 Å². The lowest BCUT2D eigenvalue weighted by Crippen LogP contribution is -2.13. The first-order valence-electron chi connectivity index (χ1n) is 13.6. The second kappa shape index (κ2) is 10.3. The van der Waals surface area contributed by atoms with Crippen LogP contribution in [0.4, 0.5) is 10.1 Å². The first kappa shape index (κ1) is 26.8.